The Labute approximate surface area is 137 Å². The van der Waals surface area contributed by atoms with Crippen molar-refractivity contribution in [1.82, 2.24) is 9.88 Å². The third kappa shape index (κ3) is 2.85. The number of aryl methyl sites for hydroxylation is 1. The molecule has 1 aromatic carbocycles. The minimum Gasteiger partial charge on any atom is -0.493 e. The van der Waals surface area contributed by atoms with Crippen LogP contribution in [-0.4, -0.2) is 17.1 Å². The summed E-state index contributed by atoms with van der Waals surface area (Å²) in [6.45, 7) is 8.97. The lowest BCUT2D eigenvalue weighted by Crippen LogP contribution is -2.32. The maximum atomic E-state index is 12.8. The second kappa shape index (κ2) is 6.11. The van der Waals surface area contributed by atoms with Crippen molar-refractivity contribution in [3.8, 4) is 5.75 Å². The van der Waals surface area contributed by atoms with Gasteiger partial charge in [-0.05, 0) is 39.8 Å². The predicted octanol–water partition coefficient (Wildman–Crippen LogP) is 3.94. The molecule has 1 aliphatic heterocycles. The summed E-state index contributed by atoms with van der Waals surface area (Å²) in [7, 11) is 0. The summed E-state index contributed by atoms with van der Waals surface area (Å²) < 4.78 is 7.87. The first-order chi connectivity index (χ1) is 11.0. The number of rotatable bonds is 3. The lowest BCUT2D eigenvalue weighted by atomic mass is 10.00. The molecule has 0 radical (unpaired) electrons. The van der Waals surface area contributed by atoms with E-state index in [1.807, 2.05) is 44.2 Å². The molecule has 1 N–H and O–H groups in total. The monoisotopic (exact) mass is 312 g/mol. The highest BCUT2D eigenvalue weighted by Gasteiger charge is 2.25. The number of benzene rings is 1. The van der Waals surface area contributed by atoms with Crippen molar-refractivity contribution >= 4 is 5.91 Å². The smallest absolute Gasteiger partial charge is 0.253 e. The lowest BCUT2D eigenvalue weighted by Gasteiger charge is -2.26. The number of carbonyl (C=O) groups is 1. The average molecular weight is 312 g/mol. The molecule has 4 nitrogen and oxygen atoms in total. The summed E-state index contributed by atoms with van der Waals surface area (Å²) in [4.78, 5) is 12.8. The van der Waals surface area contributed by atoms with Crippen LogP contribution in [0.1, 0.15) is 59.7 Å². The maximum Gasteiger partial charge on any atom is 0.253 e. The number of hydrogen-bond donors (Lipinski definition) is 1. The lowest BCUT2D eigenvalue weighted by molar-refractivity contribution is 0.0924. The van der Waals surface area contributed by atoms with Gasteiger partial charge in [0.2, 0.25) is 0 Å². The summed E-state index contributed by atoms with van der Waals surface area (Å²) >= 11 is 0. The van der Waals surface area contributed by atoms with Gasteiger partial charge in [0, 0.05) is 29.4 Å². The molecule has 1 aliphatic rings. The van der Waals surface area contributed by atoms with Crippen molar-refractivity contribution in [2.45, 2.75) is 46.2 Å². The van der Waals surface area contributed by atoms with Crippen molar-refractivity contribution in [3.05, 3.63) is 52.8 Å². The van der Waals surface area contributed by atoms with Crippen LogP contribution in [0.5, 0.6) is 5.75 Å². The Balaban J connectivity index is 1.85. The molecule has 23 heavy (non-hydrogen) atoms. The SMILES string of the molecule is Cc1cc(C(=O)N[C@H]2CCOc3ccccc32)c(C)n1C(C)C. The van der Waals surface area contributed by atoms with Gasteiger partial charge in [-0.15, -0.1) is 0 Å². The number of carbonyl (C=O) groups excluding carboxylic acids is 1. The van der Waals surface area contributed by atoms with Gasteiger partial charge < -0.3 is 14.6 Å². The van der Waals surface area contributed by atoms with Gasteiger partial charge >= 0.3 is 0 Å². The van der Waals surface area contributed by atoms with Crippen molar-refractivity contribution in [2.24, 2.45) is 0 Å². The number of fused-ring (bicyclic) bond motifs is 1. The summed E-state index contributed by atoms with van der Waals surface area (Å²) in [6, 6.07) is 10.3. The fourth-order valence-corrected chi connectivity index (χ4v) is 3.53. The molecule has 0 spiro atoms. The Hall–Kier alpha value is -2.23. The zero-order valence-electron chi connectivity index (χ0n) is 14.2. The highest BCUT2D eigenvalue weighted by molar-refractivity contribution is 5.96. The van der Waals surface area contributed by atoms with Gasteiger partial charge in [-0.3, -0.25) is 4.79 Å². The largest absolute Gasteiger partial charge is 0.493 e. The van der Waals surface area contributed by atoms with Gasteiger partial charge in [0.25, 0.3) is 5.91 Å². The van der Waals surface area contributed by atoms with E-state index in [2.05, 4.69) is 23.7 Å². The molecule has 0 saturated carbocycles. The van der Waals surface area contributed by atoms with E-state index < -0.39 is 0 Å². The number of nitrogens with zero attached hydrogens (tertiary/aromatic N) is 1. The van der Waals surface area contributed by atoms with E-state index in [9.17, 15) is 4.79 Å². The van der Waals surface area contributed by atoms with E-state index in [1.54, 1.807) is 0 Å². The Morgan fingerprint density at radius 2 is 2.04 bits per heavy atom. The fourth-order valence-electron chi connectivity index (χ4n) is 3.53. The normalized spacial score (nSPS) is 16.8. The summed E-state index contributed by atoms with van der Waals surface area (Å²) in [6.07, 6.45) is 0.797. The van der Waals surface area contributed by atoms with Crippen LogP contribution >= 0.6 is 0 Å². The van der Waals surface area contributed by atoms with Crippen LogP contribution in [0.3, 0.4) is 0 Å². The molecular weight excluding hydrogens is 288 g/mol. The number of para-hydroxylation sites is 1. The van der Waals surface area contributed by atoms with Crippen LogP contribution in [0.25, 0.3) is 0 Å². The zero-order chi connectivity index (χ0) is 16.6. The second-order valence-corrected chi connectivity index (χ2v) is 6.45. The number of ether oxygens (including phenoxy) is 1. The molecule has 0 fully saturated rings. The predicted molar refractivity (Wildman–Crippen MR) is 91.1 cm³/mol. The number of amides is 1. The van der Waals surface area contributed by atoms with Crippen LogP contribution in [0.2, 0.25) is 0 Å². The summed E-state index contributed by atoms with van der Waals surface area (Å²) in [5.41, 5.74) is 3.97. The van der Waals surface area contributed by atoms with Crippen LogP contribution in [0.4, 0.5) is 0 Å². The molecule has 1 atom stereocenters. The van der Waals surface area contributed by atoms with E-state index in [0.29, 0.717) is 12.6 Å². The van der Waals surface area contributed by atoms with Gasteiger partial charge in [0.1, 0.15) is 5.75 Å². The van der Waals surface area contributed by atoms with Crippen molar-refractivity contribution < 1.29 is 9.53 Å². The first-order valence-electron chi connectivity index (χ1n) is 8.20. The van der Waals surface area contributed by atoms with Crippen LogP contribution in [0.15, 0.2) is 30.3 Å². The molecule has 4 heteroatoms. The number of hydrogen-bond acceptors (Lipinski definition) is 2. The topological polar surface area (TPSA) is 43.3 Å². The molecule has 0 aliphatic carbocycles. The first-order valence-corrected chi connectivity index (χ1v) is 8.20. The molecule has 2 aromatic rings. The van der Waals surface area contributed by atoms with Crippen LogP contribution in [-0.2, 0) is 0 Å². The van der Waals surface area contributed by atoms with Crippen molar-refractivity contribution in [3.63, 3.8) is 0 Å². The van der Waals surface area contributed by atoms with Crippen LogP contribution in [0, 0.1) is 13.8 Å². The Morgan fingerprint density at radius 1 is 1.30 bits per heavy atom. The molecule has 2 heterocycles. The highest BCUT2D eigenvalue weighted by atomic mass is 16.5. The molecule has 1 amide bonds. The third-order valence-electron chi connectivity index (χ3n) is 4.51. The molecule has 0 saturated heterocycles. The first kappa shape index (κ1) is 15.7. The molecule has 3 rings (SSSR count). The Morgan fingerprint density at radius 3 is 2.74 bits per heavy atom. The van der Waals surface area contributed by atoms with Gasteiger partial charge in [-0.2, -0.15) is 0 Å². The van der Waals surface area contributed by atoms with Gasteiger partial charge in [-0.25, -0.2) is 0 Å². The Kier molecular flexibility index (Phi) is 4.16. The summed E-state index contributed by atoms with van der Waals surface area (Å²) in [5.74, 6) is 0.864. The van der Waals surface area contributed by atoms with Crippen molar-refractivity contribution in [2.75, 3.05) is 6.61 Å². The number of aromatic nitrogens is 1. The fraction of sp³-hybridized carbons (Fsp3) is 0.421. The number of nitrogens with one attached hydrogen (secondary N) is 1. The Bertz CT molecular complexity index is 731. The average Bonchev–Trinajstić information content (AvgIpc) is 2.82. The van der Waals surface area contributed by atoms with Gasteiger partial charge in [0.15, 0.2) is 0 Å². The van der Waals surface area contributed by atoms with E-state index in [1.165, 1.54) is 0 Å². The quantitative estimate of drug-likeness (QED) is 0.933. The second-order valence-electron chi connectivity index (χ2n) is 6.45. The van der Waals surface area contributed by atoms with Gasteiger partial charge in [0.05, 0.1) is 18.2 Å². The van der Waals surface area contributed by atoms with Crippen LogP contribution < -0.4 is 10.1 Å². The zero-order valence-corrected chi connectivity index (χ0v) is 14.2. The molecule has 122 valence electrons. The minimum atomic E-state index is -0.00768. The van der Waals surface area contributed by atoms with E-state index in [-0.39, 0.29) is 11.9 Å². The standard InChI is InChI=1S/C19H24N2O2/c1-12(2)21-13(3)11-16(14(21)4)19(22)20-17-9-10-23-18-8-6-5-7-15(17)18/h5-8,11-12,17H,9-10H2,1-4H3,(H,20,22)/t17-/m0/s1. The van der Waals surface area contributed by atoms with Crippen molar-refractivity contribution in [1.29, 1.82) is 0 Å². The third-order valence-corrected chi connectivity index (χ3v) is 4.51. The molecule has 0 unspecified atom stereocenters. The maximum absolute atomic E-state index is 12.8. The van der Waals surface area contributed by atoms with E-state index in [0.717, 1.165) is 34.7 Å². The molecular formula is C19H24N2O2. The summed E-state index contributed by atoms with van der Waals surface area (Å²) in [5, 5.41) is 3.18. The van der Waals surface area contributed by atoms with E-state index in [4.69, 9.17) is 4.74 Å². The highest BCUT2D eigenvalue weighted by Crippen LogP contribution is 2.32. The van der Waals surface area contributed by atoms with E-state index >= 15 is 0 Å². The molecule has 0 bridgehead atoms. The molecule has 1 aromatic heterocycles. The minimum absolute atomic E-state index is 0.00768. The van der Waals surface area contributed by atoms with Gasteiger partial charge in [-0.1, -0.05) is 18.2 Å².